The van der Waals surface area contributed by atoms with Gasteiger partial charge in [-0.05, 0) is 51.0 Å². The second-order valence-corrected chi connectivity index (χ2v) is 9.16. The van der Waals surface area contributed by atoms with Crippen LogP contribution in [0.5, 0.6) is 0 Å². The second-order valence-electron chi connectivity index (χ2n) is 9.16. The SMILES string of the molecule is CC(C)CC(NC(=O)C(CC(N)=O)NC(=O)C(CCCCN)NC(=O)C(N)CCCN=C(N)N)C(=O)O. The molecular weight excluding hydrogens is 486 g/mol. The summed E-state index contributed by atoms with van der Waals surface area (Å²) in [6.07, 6.45) is 1.49. The Kier molecular flexibility index (Phi) is 16.2. The van der Waals surface area contributed by atoms with Crippen LogP contribution in [0.4, 0.5) is 0 Å². The maximum absolute atomic E-state index is 13.0. The lowest BCUT2D eigenvalue weighted by molar-refractivity contribution is -0.143. The lowest BCUT2D eigenvalue weighted by Crippen LogP contribution is -2.57. The third-order valence-electron chi connectivity index (χ3n) is 5.24. The summed E-state index contributed by atoms with van der Waals surface area (Å²) in [6, 6.07) is -4.70. The smallest absolute Gasteiger partial charge is 0.326 e. The largest absolute Gasteiger partial charge is 0.480 e. The predicted molar refractivity (Wildman–Crippen MR) is 137 cm³/mol. The molecule has 0 aliphatic rings. The van der Waals surface area contributed by atoms with E-state index >= 15 is 0 Å². The topological polar surface area (TPSA) is 284 Å². The molecule has 15 heteroatoms. The molecule has 4 unspecified atom stereocenters. The number of nitrogens with zero attached hydrogens (tertiary/aromatic N) is 1. The molecule has 0 aromatic rings. The fraction of sp³-hybridized carbons (Fsp3) is 0.727. The number of carboxylic acids is 1. The summed E-state index contributed by atoms with van der Waals surface area (Å²) in [7, 11) is 0. The number of unbranched alkanes of at least 4 members (excludes halogenated alkanes) is 1. The third-order valence-corrected chi connectivity index (χ3v) is 5.24. The second kappa shape index (κ2) is 17.9. The molecule has 37 heavy (non-hydrogen) atoms. The van der Waals surface area contributed by atoms with Gasteiger partial charge in [0.05, 0.1) is 12.5 Å². The third kappa shape index (κ3) is 15.3. The summed E-state index contributed by atoms with van der Waals surface area (Å²) in [5.41, 5.74) is 27.2. The van der Waals surface area contributed by atoms with Crippen molar-refractivity contribution in [2.24, 2.45) is 39.6 Å². The van der Waals surface area contributed by atoms with Crippen molar-refractivity contribution in [1.29, 1.82) is 0 Å². The van der Waals surface area contributed by atoms with E-state index in [2.05, 4.69) is 20.9 Å². The number of nitrogens with one attached hydrogen (secondary N) is 3. The van der Waals surface area contributed by atoms with Crippen LogP contribution in [0.25, 0.3) is 0 Å². The van der Waals surface area contributed by atoms with Gasteiger partial charge in [-0.1, -0.05) is 13.8 Å². The summed E-state index contributed by atoms with van der Waals surface area (Å²) < 4.78 is 0. The Labute approximate surface area is 216 Å². The van der Waals surface area contributed by atoms with Gasteiger partial charge in [0.2, 0.25) is 23.6 Å². The van der Waals surface area contributed by atoms with Crippen LogP contribution in [-0.2, 0) is 24.0 Å². The monoisotopic (exact) mass is 529 g/mol. The van der Waals surface area contributed by atoms with Crippen molar-refractivity contribution in [3.63, 3.8) is 0 Å². The Morgan fingerprint density at radius 1 is 0.811 bits per heavy atom. The Hall–Kier alpha value is -3.46. The summed E-state index contributed by atoms with van der Waals surface area (Å²) in [4.78, 5) is 65.3. The molecule has 0 saturated carbocycles. The highest BCUT2D eigenvalue weighted by Crippen LogP contribution is 2.08. The highest BCUT2D eigenvalue weighted by Gasteiger charge is 2.31. The molecule has 212 valence electrons. The molecule has 0 radical (unpaired) electrons. The number of carboxylic acid groups (broad SMARTS) is 1. The first kappa shape index (κ1) is 33.5. The summed E-state index contributed by atoms with van der Waals surface area (Å²) in [6.45, 7) is 4.21. The number of carbonyl (C=O) groups excluding carboxylic acids is 4. The molecule has 0 aromatic heterocycles. The van der Waals surface area contributed by atoms with Crippen LogP contribution in [0, 0.1) is 5.92 Å². The highest BCUT2D eigenvalue weighted by atomic mass is 16.4. The lowest BCUT2D eigenvalue weighted by atomic mass is 10.0. The van der Waals surface area contributed by atoms with E-state index in [9.17, 15) is 29.1 Å². The van der Waals surface area contributed by atoms with Gasteiger partial charge in [-0.2, -0.15) is 0 Å². The van der Waals surface area contributed by atoms with E-state index in [-0.39, 0.29) is 37.7 Å². The normalized spacial score (nSPS) is 14.1. The number of aliphatic carboxylic acids is 1. The van der Waals surface area contributed by atoms with E-state index < -0.39 is 60.2 Å². The van der Waals surface area contributed by atoms with Crippen molar-refractivity contribution in [2.45, 2.75) is 83.0 Å². The summed E-state index contributed by atoms with van der Waals surface area (Å²) in [5, 5.41) is 16.7. The van der Waals surface area contributed by atoms with Gasteiger partial charge in [-0.3, -0.25) is 24.2 Å². The lowest BCUT2D eigenvalue weighted by Gasteiger charge is -2.25. The van der Waals surface area contributed by atoms with Gasteiger partial charge in [0.1, 0.15) is 18.1 Å². The number of nitrogens with two attached hydrogens (primary N) is 5. The number of guanidine groups is 1. The summed E-state index contributed by atoms with van der Waals surface area (Å²) >= 11 is 0. The number of hydrogen-bond donors (Lipinski definition) is 9. The van der Waals surface area contributed by atoms with Crippen LogP contribution in [-0.4, -0.2) is 77.9 Å². The van der Waals surface area contributed by atoms with E-state index in [1.165, 1.54) is 0 Å². The first-order valence-electron chi connectivity index (χ1n) is 12.2. The standard InChI is InChI=1S/C22H43N9O6/c1-12(2)10-16(21(36)37)31-20(35)15(11-17(25)32)30-19(34)14(7-3-4-8-23)29-18(33)13(24)6-5-9-28-22(26)27/h12-16H,3-11,23-24H2,1-2H3,(H2,25,32)(H,29,33)(H,30,34)(H,31,35)(H,36,37)(H4,26,27,28). The van der Waals surface area contributed by atoms with Gasteiger partial charge >= 0.3 is 5.97 Å². The van der Waals surface area contributed by atoms with E-state index in [1.54, 1.807) is 13.8 Å². The molecule has 0 rings (SSSR count). The van der Waals surface area contributed by atoms with Crippen molar-refractivity contribution in [3.8, 4) is 0 Å². The molecule has 0 bridgehead atoms. The van der Waals surface area contributed by atoms with Gasteiger partial charge in [-0.25, -0.2) is 4.79 Å². The number of amides is 4. The first-order valence-corrected chi connectivity index (χ1v) is 12.2. The number of carbonyl (C=O) groups is 5. The molecule has 15 nitrogen and oxygen atoms in total. The molecule has 14 N–H and O–H groups in total. The average Bonchev–Trinajstić information content (AvgIpc) is 2.79. The number of hydrogen-bond acceptors (Lipinski definition) is 8. The highest BCUT2D eigenvalue weighted by molar-refractivity contribution is 5.96. The number of aliphatic imine (C=N–C) groups is 1. The maximum atomic E-state index is 13.0. The zero-order chi connectivity index (χ0) is 28.5. The molecule has 0 saturated heterocycles. The van der Waals surface area contributed by atoms with Crippen LogP contribution in [0.2, 0.25) is 0 Å². The molecule has 0 aliphatic heterocycles. The maximum Gasteiger partial charge on any atom is 0.326 e. The molecule has 0 fully saturated rings. The minimum absolute atomic E-state index is 0.0450. The van der Waals surface area contributed by atoms with Crippen LogP contribution in [0.3, 0.4) is 0 Å². The Balaban J connectivity index is 5.45. The van der Waals surface area contributed by atoms with Crippen LogP contribution >= 0.6 is 0 Å². The van der Waals surface area contributed by atoms with Crippen molar-refractivity contribution in [1.82, 2.24) is 16.0 Å². The first-order chi connectivity index (χ1) is 17.3. The van der Waals surface area contributed by atoms with Crippen LogP contribution < -0.4 is 44.6 Å². The minimum atomic E-state index is -1.44. The fourth-order valence-electron chi connectivity index (χ4n) is 3.34. The van der Waals surface area contributed by atoms with Crippen molar-refractivity contribution in [2.75, 3.05) is 13.1 Å². The predicted octanol–water partition coefficient (Wildman–Crippen LogP) is -3.04. The van der Waals surface area contributed by atoms with Crippen LogP contribution in [0.1, 0.15) is 58.8 Å². The molecular formula is C22H43N9O6. The van der Waals surface area contributed by atoms with Crippen molar-refractivity contribution >= 4 is 35.6 Å². The summed E-state index contributed by atoms with van der Waals surface area (Å²) in [5.74, 6) is -4.51. The Morgan fingerprint density at radius 2 is 1.38 bits per heavy atom. The molecule has 4 amide bonds. The van der Waals surface area contributed by atoms with Crippen LogP contribution in [0.15, 0.2) is 4.99 Å². The van der Waals surface area contributed by atoms with Crippen molar-refractivity contribution < 1.29 is 29.1 Å². The molecule has 0 aromatic carbocycles. The van der Waals surface area contributed by atoms with E-state index in [1.807, 2.05) is 0 Å². The Morgan fingerprint density at radius 3 is 1.89 bits per heavy atom. The van der Waals surface area contributed by atoms with Gasteiger partial charge < -0.3 is 49.7 Å². The quantitative estimate of drug-likeness (QED) is 0.0463. The molecule has 0 aliphatic carbocycles. The zero-order valence-corrected chi connectivity index (χ0v) is 21.6. The Bertz CT molecular complexity index is 802. The molecule has 0 spiro atoms. The number of rotatable bonds is 19. The van der Waals surface area contributed by atoms with E-state index in [4.69, 9.17) is 28.7 Å². The zero-order valence-electron chi connectivity index (χ0n) is 21.6. The molecule has 0 heterocycles. The number of primary amides is 1. The minimum Gasteiger partial charge on any atom is -0.480 e. The molecule has 4 atom stereocenters. The van der Waals surface area contributed by atoms with Gasteiger partial charge in [0.25, 0.3) is 0 Å². The van der Waals surface area contributed by atoms with E-state index in [0.29, 0.717) is 25.8 Å². The van der Waals surface area contributed by atoms with Gasteiger partial charge in [-0.15, -0.1) is 0 Å². The fourth-order valence-corrected chi connectivity index (χ4v) is 3.34. The van der Waals surface area contributed by atoms with Gasteiger partial charge in [0.15, 0.2) is 5.96 Å². The van der Waals surface area contributed by atoms with Gasteiger partial charge in [0, 0.05) is 6.54 Å². The average molecular weight is 530 g/mol. The van der Waals surface area contributed by atoms with Crippen molar-refractivity contribution in [3.05, 3.63) is 0 Å². The van der Waals surface area contributed by atoms with E-state index in [0.717, 1.165) is 0 Å².